The first kappa shape index (κ1) is 10.6. The fourth-order valence-electron chi connectivity index (χ4n) is 0.791. The number of hydrogen-bond acceptors (Lipinski definition) is 5. The molecular weight excluding hydrogens is 204 g/mol. The van der Waals surface area contributed by atoms with Crippen LogP contribution in [-0.2, 0) is 0 Å². The molecule has 0 fully saturated rings. The molecule has 14 heavy (non-hydrogen) atoms. The Labute approximate surface area is 84.2 Å². The number of thioether (sulfide) groups is 1. The van der Waals surface area contributed by atoms with E-state index in [0.29, 0.717) is 10.9 Å². The van der Waals surface area contributed by atoms with Gasteiger partial charge in [0.1, 0.15) is 5.84 Å². The summed E-state index contributed by atoms with van der Waals surface area (Å²) in [6, 6.07) is 1.40. The zero-order valence-electron chi connectivity index (χ0n) is 7.52. The number of H-pyrrole nitrogens is 1. The Morgan fingerprint density at radius 1 is 1.86 bits per heavy atom. The molecule has 4 N–H and O–H groups in total. The van der Waals surface area contributed by atoms with Crippen LogP contribution in [0.15, 0.2) is 21.2 Å². The summed E-state index contributed by atoms with van der Waals surface area (Å²) in [6.45, 7) is 1.72. The zero-order chi connectivity index (χ0) is 10.6. The molecule has 0 atom stereocenters. The van der Waals surface area contributed by atoms with Gasteiger partial charge in [-0.1, -0.05) is 16.9 Å². The molecule has 76 valence electrons. The molecule has 0 amide bonds. The van der Waals surface area contributed by atoms with Crippen LogP contribution in [0.5, 0.6) is 0 Å². The van der Waals surface area contributed by atoms with Crippen LogP contribution in [0.3, 0.4) is 0 Å². The third-order valence-electron chi connectivity index (χ3n) is 1.33. The highest BCUT2D eigenvalue weighted by Gasteiger charge is 2.00. The van der Waals surface area contributed by atoms with E-state index in [9.17, 15) is 4.79 Å². The Bertz CT molecular complexity index is 401. The van der Waals surface area contributed by atoms with Gasteiger partial charge in [-0.05, 0) is 6.92 Å². The first-order valence-corrected chi connectivity index (χ1v) is 4.77. The van der Waals surface area contributed by atoms with Crippen LogP contribution in [0, 0.1) is 6.92 Å². The van der Waals surface area contributed by atoms with Gasteiger partial charge in [0.15, 0.2) is 5.16 Å². The van der Waals surface area contributed by atoms with E-state index in [1.807, 2.05) is 0 Å². The smallest absolute Gasteiger partial charge is 0.251 e. The summed E-state index contributed by atoms with van der Waals surface area (Å²) in [7, 11) is 0. The second-order valence-corrected chi connectivity index (χ2v) is 3.54. The first-order valence-electron chi connectivity index (χ1n) is 3.79. The Balaban J connectivity index is 2.73. The molecule has 1 aromatic heterocycles. The largest absolute Gasteiger partial charge is 0.409 e. The van der Waals surface area contributed by atoms with Gasteiger partial charge in [-0.15, -0.1) is 0 Å². The average molecular weight is 214 g/mol. The maximum atomic E-state index is 11.0. The third kappa shape index (κ3) is 3.09. The van der Waals surface area contributed by atoms with Crippen LogP contribution < -0.4 is 11.3 Å². The number of hydrogen-bond donors (Lipinski definition) is 3. The summed E-state index contributed by atoms with van der Waals surface area (Å²) < 4.78 is 0. The lowest BCUT2D eigenvalue weighted by atomic mass is 10.5. The minimum atomic E-state index is -0.209. The van der Waals surface area contributed by atoms with E-state index in [-0.39, 0.29) is 17.1 Å². The molecule has 0 aliphatic heterocycles. The molecule has 0 radical (unpaired) electrons. The van der Waals surface area contributed by atoms with Crippen LogP contribution >= 0.6 is 11.8 Å². The summed E-state index contributed by atoms with van der Waals surface area (Å²) in [5.74, 6) is 0.363. The van der Waals surface area contributed by atoms with Crippen LogP contribution in [0.1, 0.15) is 5.69 Å². The second-order valence-electron chi connectivity index (χ2n) is 2.57. The van der Waals surface area contributed by atoms with Gasteiger partial charge in [0, 0.05) is 11.8 Å². The lowest BCUT2D eigenvalue weighted by Gasteiger charge is -1.99. The standard InChI is InChI=1S/C7H10N4O2S/c1-4-2-6(12)10-7(9-4)14-3-5(8)11-13/h2,13H,3H2,1H3,(H2,8,11)(H,9,10,12). The highest BCUT2D eigenvalue weighted by Crippen LogP contribution is 2.09. The number of nitrogens with two attached hydrogens (primary N) is 1. The van der Waals surface area contributed by atoms with E-state index in [0.717, 1.165) is 0 Å². The number of aromatic amines is 1. The van der Waals surface area contributed by atoms with E-state index in [4.69, 9.17) is 10.9 Å². The number of rotatable bonds is 3. The lowest BCUT2D eigenvalue weighted by molar-refractivity contribution is 0.318. The number of nitrogens with zero attached hydrogens (tertiary/aromatic N) is 2. The molecular formula is C7H10N4O2S. The normalized spacial score (nSPS) is 11.6. The predicted molar refractivity (Wildman–Crippen MR) is 53.7 cm³/mol. The van der Waals surface area contributed by atoms with Crippen molar-refractivity contribution in [1.29, 1.82) is 0 Å². The monoisotopic (exact) mass is 214 g/mol. The number of aromatic nitrogens is 2. The molecule has 7 heteroatoms. The summed E-state index contributed by atoms with van der Waals surface area (Å²) in [6.07, 6.45) is 0. The molecule has 0 aliphatic rings. The molecule has 0 aromatic carbocycles. The van der Waals surface area contributed by atoms with Gasteiger partial charge in [-0.2, -0.15) is 0 Å². The van der Waals surface area contributed by atoms with Crippen molar-refractivity contribution in [2.75, 3.05) is 5.75 Å². The van der Waals surface area contributed by atoms with Crippen molar-refractivity contribution < 1.29 is 5.21 Å². The van der Waals surface area contributed by atoms with Crippen LogP contribution in [0.4, 0.5) is 0 Å². The molecule has 0 unspecified atom stereocenters. The maximum absolute atomic E-state index is 11.0. The quantitative estimate of drug-likeness (QED) is 0.163. The molecule has 6 nitrogen and oxygen atoms in total. The SMILES string of the molecule is Cc1cc(=O)[nH]c(SC/C(N)=N/O)n1. The summed E-state index contributed by atoms with van der Waals surface area (Å²) in [4.78, 5) is 17.6. The van der Waals surface area contributed by atoms with E-state index in [1.54, 1.807) is 6.92 Å². The Hall–Kier alpha value is -1.50. The van der Waals surface area contributed by atoms with Gasteiger partial charge >= 0.3 is 0 Å². The van der Waals surface area contributed by atoms with E-state index < -0.39 is 0 Å². The number of amidine groups is 1. The van der Waals surface area contributed by atoms with Crippen molar-refractivity contribution in [3.8, 4) is 0 Å². The van der Waals surface area contributed by atoms with Crippen molar-refractivity contribution in [1.82, 2.24) is 9.97 Å². The summed E-state index contributed by atoms with van der Waals surface area (Å²) >= 11 is 1.20. The molecule has 0 saturated heterocycles. The molecule has 0 bridgehead atoms. The molecule has 0 aliphatic carbocycles. The van der Waals surface area contributed by atoms with Crippen molar-refractivity contribution in [2.45, 2.75) is 12.1 Å². The molecule has 0 saturated carbocycles. The van der Waals surface area contributed by atoms with E-state index in [2.05, 4.69) is 15.1 Å². The van der Waals surface area contributed by atoms with Gasteiger partial charge in [0.2, 0.25) is 0 Å². The number of nitrogens with one attached hydrogen (secondary N) is 1. The molecule has 1 rings (SSSR count). The van der Waals surface area contributed by atoms with Gasteiger partial charge < -0.3 is 15.9 Å². The summed E-state index contributed by atoms with van der Waals surface area (Å²) in [5, 5.41) is 11.5. The first-order chi connectivity index (χ1) is 6.61. The van der Waals surface area contributed by atoms with Gasteiger partial charge in [0.05, 0.1) is 5.75 Å². The Morgan fingerprint density at radius 2 is 2.57 bits per heavy atom. The number of oxime groups is 1. The third-order valence-corrected chi connectivity index (χ3v) is 2.24. The van der Waals surface area contributed by atoms with Gasteiger partial charge in [-0.3, -0.25) is 4.79 Å². The molecule has 1 heterocycles. The van der Waals surface area contributed by atoms with E-state index >= 15 is 0 Å². The minimum absolute atomic E-state index is 0.0826. The predicted octanol–water partition coefficient (Wildman–Crippen LogP) is -0.0832. The topological polar surface area (TPSA) is 104 Å². The Kier molecular flexibility index (Phi) is 3.52. The average Bonchev–Trinajstić information content (AvgIpc) is 2.12. The zero-order valence-corrected chi connectivity index (χ0v) is 8.34. The molecule has 1 aromatic rings. The number of aryl methyl sites for hydroxylation is 1. The Morgan fingerprint density at radius 3 is 3.14 bits per heavy atom. The molecule has 0 spiro atoms. The maximum Gasteiger partial charge on any atom is 0.251 e. The van der Waals surface area contributed by atoms with Crippen molar-refractivity contribution in [3.63, 3.8) is 0 Å². The van der Waals surface area contributed by atoms with Crippen LogP contribution in [0.25, 0.3) is 0 Å². The highest BCUT2D eigenvalue weighted by atomic mass is 32.2. The van der Waals surface area contributed by atoms with Crippen molar-refractivity contribution in [3.05, 3.63) is 22.1 Å². The minimum Gasteiger partial charge on any atom is -0.409 e. The van der Waals surface area contributed by atoms with Crippen LogP contribution in [0.2, 0.25) is 0 Å². The van der Waals surface area contributed by atoms with Gasteiger partial charge in [0.25, 0.3) is 5.56 Å². The lowest BCUT2D eigenvalue weighted by Crippen LogP contribution is -2.15. The van der Waals surface area contributed by atoms with Crippen LogP contribution in [-0.4, -0.2) is 26.8 Å². The second kappa shape index (κ2) is 4.66. The van der Waals surface area contributed by atoms with Crippen molar-refractivity contribution >= 4 is 17.6 Å². The highest BCUT2D eigenvalue weighted by molar-refractivity contribution is 7.99. The fraction of sp³-hybridized carbons (Fsp3) is 0.286. The fourth-order valence-corrected chi connectivity index (χ4v) is 1.51. The van der Waals surface area contributed by atoms with Crippen molar-refractivity contribution in [2.24, 2.45) is 10.9 Å². The summed E-state index contributed by atoms with van der Waals surface area (Å²) in [5.41, 5.74) is 5.68. The van der Waals surface area contributed by atoms with E-state index in [1.165, 1.54) is 17.8 Å². The van der Waals surface area contributed by atoms with Gasteiger partial charge in [-0.25, -0.2) is 4.98 Å².